The highest BCUT2D eigenvalue weighted by Gasteiger charge is 2.38. The zero-order valence-electron chi connectivity index (χ0n) is 31.8. The molecule has 12 heteroatoms. The van der Waals surface area contributed by atoms with Crippen LogP contribution in [0.2, 0.25) is 5.02 Å². The smallest absolute Gasteiger partial charge is 0.242 e. The molecule has 0 saturated carbocycles. The molecule has 298 valence electrons. The summed E-state index contributed by atoms with van der Waals surface area (Å²) in [6.45, 7) is 3.80. The van der Waals surface area contributed by atoms with Gasteiger partial charge in [-0.1, -0.05) is 108 Å². The number of sulfonamides is 1. The normalized spacial score (nSPS) is 20.5. The lowest BCUT2D eigenvalue weighted by atomic mass is 9.84. The van der Waals surface area contributed by atoms with Crippen molar-refractivity contribution in [2.45, 2.75) is 74.3 Å². The zero-order chi connectivity index (χ0) is 40.0. The molecule has 2 heterocycles. The molecule has 2 saturated heterocycles. The molecular weight excluding hydrogens is 762 g/mol. The number of likely N-dealkylation sites (tertiary alicyclic amines) is 1. The Hall–Kier alpha value is -4.43. The van der Waals surface area contributed by atoms with E-state index in [9.17, 15) is 23.4 Å². The van der Waals surface area contributed by atoms with Crippen LogP contribution in [0.4, 0.5) is 5.69 Å². The van der Waals surface area contributed by atoms with Crippen molar-refractivity contribution in [3.05, 3.63) is 166 Å². The van der Waals surface area contributed by atoms with Crippen LogP contribution in [0.25, 0.3) is 0 Å². The lowest BCUT2D eigenvalue weighted by Gasteiger charge is -2.42. The van der Waals surface area contributed by atoms with E-state index >= 15 is 0 Å². The number of aliphatic hydroxyl groups is 2. The van der Waals surface area contributed by atoms with Gasteiger partial charge in [-0.2, -0.15) is 4.72 Å². The van der Waals surface area contributed by atoms with Gasteiger partial charge in [-0.05, 0) is 84.8 Å². The molecule has 4 N–H and O–H groups in total. The Kier molecular flexibility index (Phi) is 12.9. The molecule has 0 radical (unpaired) electrons. The number of amides is 1. The summed E-state index contributed by atoms with van der Waals surface area (Å²) in [5, 5.41) is 24.7. The number of nitrogens with zero attached hydrogens (tertiary/aromatic N) is 1. The second kappa shape index (κ2) is 18.0. The Morgan fingerprint density at radius 2 is 1.56 bits per heavy atom. The molecule has 10 nitrogen and oxygen atoms in total. The van der Waals surface area contributed by atoms with Crippen LogP contribution in [-0.2, 0) is 42.9 Å². The van der Waals surface area contributed by atoms with E-state index in [2.05, 4.69) is 14.9 Å². The van der Waals surface area contributed by atoms with Crippen LogP contribution in [0, 0.1) is 6.92 Å². The molecule has 0 aromatic heterocycles. The van der Waals surface area contributed by atoms with Gasteiger partial charge in [0.05, 0.1) is 29.3 Å². The zero-order valence-corrected chi connectivity index (χ0v) is 33.3. The van der Waals surface area contributed by atoms with Crippen molar-refractivity contribution in [3.63, 3.8) is 0 Å². The third-order valence-corrected chi connectivity index (χ3v) is 12.5. The van der Waals surface area contributed by atoms with Crippen LogP contribution >= 0.6 is 11.6 Å². The van der Waals surface area contributed by atoms with Gasteiger partial charge >= 0.3 is 0 Å². The SMILES string of the molecule is Cc1ccc(S(=O)(=O)NC(Cc2ccccc2)C(=O)Nc2cccc(C3OC(CN4CCC(O)(c5ccc(Cl)cc5)CC4)CC(c4ccc(CO)cc4)O3)c2)cc1. The molecular formula is C45H48ClN3O7S. The average molecular weight is 810 g/mol. The number of hydrogen-bond acceptors (Lipinski definition) is 8. The lowest BCUT2D eigenvalue weighted by molar-refractivity contribution is -0.253. The Bertz CT molecular complexity index is 2210. The summed E-state index contributed by atoms with van der Waals surface area (Å²) >= 11 is 6.10. The van der Waals surface area contributed by atoms with Crippen LogP contribution < -0.4 is 10.0 Å². The first kappa shape index (κ1) is 40.8. The number of carbonyl (C=O) groups excluding carboxylic acids is 1. The summed E-state index contributed by atoms with van der Waals surface area (Å²) in [6, 6.07) is 36.9. The summed E-state index contributed by atoms with van der Waals surface area (Å²) in [5.41, 5.74) is 4.56. The van der Waals surface area contributed by atoms with Crippen LogP contribution in [0.3, 0.4) is 0 Å². The number of halogens is 1. The molecule has 5 aromatic rings. The average Bonchev–Trinajstić information content (AvgIpc) is 3.22. The van der Waals surface area contributed by atoms with Gasteiger partial charge in [0.2, 0.25) is 15.9 Å². The number of rotatable bonds is 13. The molecule has 7 rings (SSSR count). The van der Waals surface area contributed by atoms with Crippen LogP contribution in [0.15, 0.2) is 132 Å². The van der Waals surface area contributed by atoms with Crippen LogP contribution in [0.1, 0.15) is 65.0 Å². The number of aryl methyl sites for hydroxylation is 1. The van der Waals surface area contributed by atoms with Gasteiger partial charge < -0.3 is 29.9 Å². The molecule has 1 amide bonds. The molecule has 0 spiro atoms. The summed E-state index contributed by atoms with van der Waals surface area (Å²) in [5.74, 6) is -0.513. The standard InChI is InChI=1S/C45H48ClN3O7S/c1-31-10-20-40(21-11-31)57(53,54)48-41(26-32-6-3-2-4-7-32)43(51)47-38-9-5-8-35(27-38)44-55-39(28-42(56-44)34-14-12-33(30-50)13-15-34)29-49-24-22-45(52,23-25-49)36-16-18-37(46)19-17-36/h2-21,27,39,41-42,44,48,50,52H,22-26,28-30H2,1H3,(H,47,51). The van der Waals surface area contributed by atoms with Crippen LogP contribution in [0.5, 0.6) is 0 Å². The number of aliphatic hydroxyl groups excluding tert-OH is 1. The van der Waals surface area contributed by atoms with E-state index in [-0.39, 0.29) is 30.1 Å². The second-order valence-electron chi connectivity index (χ2n) is 15.0. The molecule has 57 heavy (non-hydrogen) atoms. The van der Waals surface area contributed by atoms with Crippen molar-refractivity contribution < 1.29 is 32.9 Å². The molecule has 0 bridgehead atoms. The van der Waals surface area contributed by atoms with E-state index in [1.807, 2.05) is 91.9 Å². The van der Waals surface area contributed by atoms with Gasteiger partial charge in [0.15, 0.2) is 6.29 Å². The minimum atomic E-state index is -4.02. The predicted molar refractivity (Wildman–Crippen MR) is 220 cm³/mol. The van der Waals surface area contributed by atoms with Crippen molar-refractivity contribution in [3.8, 4) is 0 Å². The van der Waals surface area contributed by atoms with E-state index in [4.69, 9.17) is 21.1 Å². The fraction of sp³-hybridized carbons (Fsp3) is 0.311. The monoisotopic (exact) mass is 809 g/mol. The highest BCUT2D eigenvalue weighted by atomic mass is 35.5. The van der Waals surface area contributed by atoms with Crippen molar-refractivity contribution >= 4 is 33.2 Å². The fourth-order valence-corrected chi connectivity index (χ4v) is 8.80. The molecule has 2 aliphatic heterocycles. The molecule has 5 aromatic carbocycles. The van der Waals surface area contributed by atoms with Crippen molar-refractivity contribution in [2.24, 2.45) is 0 Å². The van der Waals surface area contributed by atoms with E-state index in [1.165, 1.54) is 12.1 Å². The van der Waals surface area contributed by atoms with E-state index in [0.717, 1.165) is 27.8 Å². The third-order valence-electron chi connectivity index (χ3n) is 10.8. The maximum absolute atomic E-state index is 13.9. The number of carbonyl (C=O) groups is 1. The highest BCUT2D eigenvalue weighted by Crippen LogP contribution is 2.40. The fourth-order valence-electron chi connectivity index (χ4n) is 7.48. The Morgan fingerprint density at radius 1 is 0.860 bits per heavy atom. The van der Waals surface area contributed by atoms with Crippen molar-refractivity contribution in [1.82, 2.24) is 9.62 Å². The summed E-state index contributed by atoms with van der Waals surface area (Å²) < 4.78 is 42.8. The number of piperidine rings is 1. The van der Waals surface area contributed by atoms with Crippen LogP contribution in [-0.4, -0.2) is 61.2 Å². The van der Waals surface area contributed by atoms with Crippen molar-refractivity contribution in [2.75, 3.05) is 25.0 Å². The number of anilines is 1. The largest absolute Gasteiger partial charge is 0.392 e. The van der Waals surface area contributed by atoms with Gasteiger partial charge in [0.25, 0.3) is 0 Å². The molecule has 4 unspecified atom stereocenters. The number of benzene rings is 5. The molecule has 2 fully saturated rings. The minimum Gasteiger partial charge on any atom is -0.392 e. The minimum absolute atomic E-state index is 0.0599. The maximum atomic E-state index is 13.9. The lowest BCUT2D eigenvalue weighted by Crippen LogP contribution is -2.46. The predicted octanol–water partition coefficient (Wildman–Crippen LogP) is 7.20. The van der Waals surface area contributed by atoms with E-state index in [0.29, 0.717) is 55.2 Å². The van der Waals surface area contributed by atoms with Gasteiger partial charge in [-0.15, -0.1) is 0 Å². The molecule has 0 aliphatic carbocycles. The van der Waals surface area contributed by atoms with Gasteiger partial charge in [0.1, 0.15) is 6.04 Å². The highest BCUT2D eigenvalue weighted by molar-refractivity contribution is 7.89. The number of nitrogens with one attached hydrogen (secondary N) is 2. The Balaban J connectivity index is 1.08. The van der Waals surface area contributed by atoms with Gasteiger partial charge in [-0.3, -0.25) is 4.79 Å². The summed E-state index contributed by atoms with van der Waals surface area (Å²) in [7, 11) is -4.02. The van der Waals surface area contributed by atoms with Gasteiger partial charge in [0, 0.05) is 42.3 Å². The second-order valence-corrected chi connectivity index (χ2v) is 17.1. The Labute approximate surface area is 339 Å². The van der Waals surface area contributed by atoms with Gasteiger partial charge in [-0.25, -0.2) is 8.42 Å². The summed E-state index contributed by atoms with van der Waals surface area (Å²) in [4.78, 5) is 16.3. The third kappa shape index (κ3) is 10.4. The van der Waals surface area contributed by atoms with E-state index in [1.54, 1.807) is 30.3 Å². The number of ether oxygens (including phenoxy) is 2. The molecule has 2 aliphatic rings. The maximum Gasteiger partial charge on any atom is 0.242 e. The first-order valence-electron chi connectivity index (χ1n) is 19.2. The Morgan fingerprint density at radius 3 is 2.25 bits per heavy atom. The van der Waals surface area contributed by atoms with Crippen molar-refractivity contribution in [1.29, 1.82) is 0 Å². The number of hydrogen-bond donors (Lipinski definition) is 4. The quantitative estimate of drug-likeness (QED) is 0.0981. The first-order chi connectivity index (χ1) is 27.5. The summed E-state index contributed by atoms with van der Waals surface area (Å²) in [6.07, 6.45) is 0.547. The first-order valence-corrected chi connectivity index (χ1v) is 21.1. The topological polar surface area (TPSA) is 137 Å². The molecule has 4 atom stereocenters. The van der Waals surface area contributed by atoms with E-state index < -0.39 is 33.9 Å².